The van der Waals surface area contributed by atoms with Gasteiger partial charge in [-0.15, -0.1) is 0 Å². The lowest BCUT2D eigenvalue weighted by Crippen LogP contribution is -2.35. The highest BCUT2D eigenvalue weighted by atomic mass is 19.1. The van der Waals surface area contributed by atoms with Crippen molar-refractivity contribution in [2.45, 2.75) is 32.8 Å². The second-order valence-electron chi connectivity index (χ2n) is 7.63. The molecule has 1 aliphatic rings. The summed E-state index contributed by atoms with van der Waals surface area (Å²) >= 11 is 0. The van der Waals surface area contributed by atoms with Crippen LogP contribution in [-0.2, 0) is 16.0 Å². The van der Waals surface area contributed by atoms with E-state index < -0.39 is 17.7 Å². The summed E-state index contributed by atoms with van der Waals surface area (Å²) in [5, 5.41) is 9.26. The van der Waals surface area contributed by atoms with Crippen molar-refractivity contribution in [1.82, 2.24) is 0 Å². The Kier molecular flexibility index (Phi) is 5.23. The number of halogens is 1. The van der Waals surface area contributed by atoms with Crippen molar-refractivity contribution >= 4 is 23.3 Å². The number of nitrogens with zero attached hydrogens (tertiary/aromatic N) is 1. The van der Waals surface area contributed by atoms with Crippen LogP contribution in [0.1, 0.15) is 37.5 Å². The standard InChI is InChI=1S/C22H22FNO4/c1-22(2,3)28-21(27)24-11-10-16-12-15(6-9-19(16)24)18(13-20(25)26)14-4-7-17(23)8-5-14/h4-9,12-13H,10-11H2,1-3H3,(H,25,26). The van der Waals surface area contributed by atoms with Crippen molar-refractivity contribution in [2.75, 3.05) is 11.4 Å². The molecular weight excluding hydrogens is 361 g/mol. The van der Waals surface area contributed by atoms with Crippen LogP contribution in [0, 0.1) is 5.82 Å². The molecule has 2 aromatic carbocycles. The number of fused-ring (bicyclic) bond motifs is 1. The first kappa shape index (κ1) is 19.6. The van der Waals surface area contributed by atoms with Gasteiger partial charge in [-0.05, 0) is 73.7 Å². The van der Waals surface area contributed by atoms with E-state index in [1.807, 2.05) is 26.8 Å². The number of benzene rings is 2. The molecular formula is C22H22FNO4. The maximum absolute atomic E-state index is 13.2. The zero-order valence-corrected chi connectivity index (χ0v) is 16.0. The molecule has 0 saturated carbocycles. The van der Waals surface area contributed by atoms with E-state index in [2.05, 4.69) is 0 Å². The number of carbonyl (C=O) groups excluding carboxylic acids is 1. The van der Waals surface area contributed by atoms with Gasteiger partial charge in [0, 0.05) is 12.6 Å². The molecule has 0 aliphatic carbocycles. The quantitative estimate of drug-likeness (QED) is 0.784. The molecule has 146 valence electrons. The van der Waals surface area contributed by atoms with E-state index in [9.17, 15) is 19.1 Å². The van der Waals surface area contributed by atoms with E-state index in [1.165, 1.54) is 12.1 Å². The Bertz CT molecular complexity index is 942. The van der Waals surface area contributed by atoms with Gasteiger partial charge in [0.05, 0.1) is 5.69 Å². The van der Waals surface area contributed by atoms with E-state index in [0.717, 1.165) is 17.3 Å². The fourth-order valence-corrected chi connectivity index (χ4v) is 3.16. The number of anilines is 1. The Morgan fingerprint density at radius 2 is 1.75 bits per heavy atom. The zero-order chi connectivity index (χ0) is 20.5. The Morgan fingerprint density at radius 3 is 2.36 bits per heavy atom. The van der Waals surface area contributed by atoms with Gasteiger partial charge < -0.3 is 9.84 Å². The molecule has 6 heteroatoms. The Labute approximate surface area is 163 Å². The van der Waals surface area contributed by atoms with Crippen LogP contribution in [0.4, 0.5) is 14.9 Å². The number of aliphatic carboxylic acids is 1. The number of ether oxygens (including phenoxy) is 1. The van der Waals surface area contributed by atoms with Gasteiger partial charge in [0.2, 0.25) is 0 Å². The molecule has 2 aromatic rings. The lowest BCUT2D eigenvalue weighted by molar-refractivity contribution is -0.131. The highest BCUT2D eigenvalue weighted by Crippen LogP contribution is 2.33. The van der Waals surface area contributed by atoms with Crippen LogP contribution in [0.5, 0.6) is 0 Å². The smallest absolute Gasteiger partial charge is 0.414 e. The number of amides is 1. The normalized spacial score (nSPS) is 14.0. The molecule has 28 heavy (non-hydrogen) atoms. The molecule has 0 atom stereocenters. The summed E-state index contributed by atoms with van der Waals surface area (Å²) in [6.45, 7) is 5.95. The number of rotatable bonds is 3. The number of carboxylic acid groups (broad SMARTS) is 1. The topological polar surface area (TPSA) is 66.8 Å². The Morgan fingerprint density at radius 1 is 1.11 bits per heavy atom. The fraction of sp³-hybridized carbons (Fsp3) is 0.273. The summed E-state index contributed by atoms with van der Waals surface area (Å²) in [5.74, 6) is -1.48. The molecule has 3 rings (SSSR count). The first-order valence-electron chi connectivity index (χ1n) is 8.98. The Hall–Kier alpha value is -3.15. The molecule has 0 aromatic heterocycles. The SMILES string of the molecule is CC(C)(C)OC(=O)N1CCc2cc(C(=CC(=O)O)c3ccc(F)cc3)ccc21. The molecule has 1 N–H and O–H groups in total. The second kappa shape index (κ2) is 7.46. The van der Waals surface area contributed by atoms with Crippen molar-refractivity contribution in [1.29, 1.82) is 0 Å². The second-order valence-corrected chi connectivity index (χ2v) is 7.63. The monoisotopic (exact) mass is 383 g/mol. The van der Waals surface area contributed by atoms with Crippen molar-refractivity contribution in [3.05, 3.63) is 71.0 Å². The molecule has 0 bridgehead atoms. The highest BCUT2D eigenvalue weighted by molar-refractivity contribution is 5.96. The molecule has 5 nitrogen and oxygen atoms in total. The fourth-order valence-electron chi connectivity index (χ4n) is 3.16. The van der Waals surface area contributed by atoms with E-state index in [0.29, 0.717) is 29.7 Å². The van der Waals surface area contributed by atoms with Crippen LogP contribution >= 0.6 is 0 Å². The van der Waals surface area contributed by atoms with Crippen molar-refractivity contribution in [3.8, 4) is 0 Å². The van der Waals surface area contributed by atoms with Crippen LogP contribution in [-0.4, -0.2) is 29.3 Å². The predicted molar refractivity (Wildman–Crippen MR) is 105 cm³/mol. The van der Waals surface area contributed by atoms with Crippen molar-refractivity contribution in [2.24, 2.45) is 0 Å². The average molecular weight is 383 g/mol. The number of carboxylic acids is 1. The molecule has 0 unspecified atom stereocenters. The van der Waals surface area contributed by atoms with E-state index in [1.54, 1.807) is 29.2 Å². The number of carbonyl (C=O) groups is 2. The number of hydrogen-bond donors (Lipinski definition) is 1. The van der Waals surface area contributed by atoms with Gasteiger partial charge in [-0.2, -0.15) is 0 Å². The average Bonchev–Trinajstić information content (AvgIpc) is 3.02. The Balaban J connectivity index is 1.95. The maximum atomic E-state index is 13.2. The summed E-state index contributed by atoms with van der Waals surface area (Å²) in [7, 11) is 0. The van der Waals surface area contributed by atoms with Crippen LogP contribution in [0.25, 0.3) is 5.57 Å². The summed E-state index contributed by atoms with van der Waals surface area (Å²) in [5.41, 5.74) is 2.88. The third kappa shape index (κ3) is 4.39. The maximum Gasteiger partial charge on any atom is 0.414 e. The van der Waals surface area contributed by atoms with Crippen molar-refractivity contribution in [3.63, 3.8) is 0 Å². The van der Waals surface area contributed by atoms with Gasteiger partial charge in [0.1, 0.15) is 11.4 Å². The van der Waals surface area contributed by atoms with Gasteiger partial charge in [0.25, 0.3) is 0 Å². The lowest BCUT2D eigenvalue weighted by atomic mass is 9.95. The molecule has 0 spiro atoms. The first-order valence-corrected chi connectivity index (χ1v) is 8.98. The van der Waals surface area contributed by atoms with Crippen LogP contribution < -0.4 is 4.90 Å². The third-order valence-corrected chi connectivity index (χ3v) is 4.32. The van der Waals surface area contributed by atoms with Gasteiger partial charge in [0.15, 0.2) is 0 Å². The summed E-state index contributed by atoms with van der Waals surface area (Å²) in [6.07, 6.45) is 1.35. The number of hydrogen-bond acceptors (Lipinski definition) is 3. The summed E-state index contributed by atoms with van der Waals surface area (Å²) in [6, 6.07) is 11.1. The molecule has 1 amide bonds. The largest absolute Gasteiger partial charge is 0.478 e. The zero-order valence-electron chi connectivity index (χ0n) is 16.0. The van der Waals surface area contributed by atoms with Gasteiger partial charge in [-0.25, -0.2) is 14.0 Å². The van der Waals surface area contributed by atoms with E-state index >= 15 is 0 Å². The van der Waals surface area contributed by atoms with Crippen LogP contribution in [0.2, 0.25) is 0 Å². The third-order valence-electron chi connectivity index (χ3n) is 4.32. The first-order chi connectivity index (χ1) is 13.1. The van der Waals surface area contributed by atoms with Gasteiger partial charge in [-0.3, -0.25) is 4.90 Å². The van der Waals surface area contributed by atoms with E-state index in [4.69, 9.17) is 4.74 Å². The van der Waals surface area contributed by atoms with E-state index in [-0.39, 0.29) is 5.82 Å². The molecule has 1 heterocycles. The minimum Gasteiger partial charge on any atom is -0.478 e. The lowest BCUT2D eigenvalue weighted by Gasteiger charge is -2.24. The van der Waals surface area contributed by atoms with Crippen molar-refractivity contribution < 1.29 is 23.8 Å². The minimum absolute atomic E-state index is 0.389. The summed E-state index contributed by atoms with van der Waals surface area (Å²) < 4.78 is 18.7. The predicted octanol–water partition coefficient (Wildman–Crippen LogP) is 4.64. The van der Waals surface area contributed by atoms with Crippen LogP contribution in [0.15, 0.2) is 48.5 Å². The van der Waals surface area contributed by atoms with Gasteiger partial charge in [-0.1, -0.05) is 18.2 Å². The molecule has 1 aliphatic heterocycles. The summed E-state index contributed by atoms with van der Waals surface area (Å²) in [4.78, 5) is 25.3. The molecule has 0 radical (unpaired) electrons. The molecule has 0 fully saturated rings. The van der Waals surface area contributed by atoms with Gasteiger partial charge >= 0.3 is 12.1 Å². The molecule has 0 saturated heterocycles. The van der Waals surface area contributed by atoms with Crippen LogP contribution in [0.3, 0.4) is 0 Å². The highest BCUT2D eigenvalue weighted by Gasteiger charge is 2.29. The minimum atomic E-state index is -1.09.